The third kappa shape index (κ3) is 2.95. The topological polar surface area (TPSA) is 49.3 Å². The predicted molar refractivity (Wildman–Crippen MR) is 97.0 cm³/mol. The number of hydrogen-bond acceptors (Lipinski definition) is 5. The SMILES string of the molecule is O=C(c1ccncc1)N1CCN(c2nc3ccc(Cl)cc3s2)CC1. The number of aromatic nitrogens is 2. The average Bonchev–Trinajstić information content (AvgIpc) is 3.05. The number of carbonyl (C=O) groups is 1. The second kappa shape index (κ2) is 6.37. The van der Waals surface area contributed by atoms with Gasteiger partial charge < -0.3 is 9.80 Å². The van der Waals surface area contributed by atoms with Crippen LogP contribution in [0.5, 0.6) is 0 Å². The highest BCUT2D eigenvalue weighted by atomic mass is 35.5. The first kappa shape index (κ1) is 15.4. The molecule has 1 saturated heterocycles. The fourth-order valence-electron chi connectivity index (χ4n) is 2.80. The maximum Gasteiger partial charge on any atom is 0.254 e. The van der Waals surface area contributed by atoms with E-state index in [4.69, 9.17) is 11.6 Å². The van der Waals surface area contributed by atoms with Gasteiger partial charge in [-0.1, -0.05) is 22.9 Å². The van der Waals surface area contributed by atoms with E-state index in [-0.39, 0.29) is 5.91 Å². The monoisotopic (exact) mass is 358 g/mol. The Balaban J connectivity index is 1.46. The predicted octanol–water partition coefficient (Wildman–Crippen LogP) is 3.31. The molecule has 3 heterocycles. The van der Waals surface area contributed by atoms with Crippen LogP contribution in [0.4, 0.5) is 5.13 Å². The highest BCUT2D eigenvalue weighted by Crippen LogP contribution is 2.31. The van der Waals surface area contributed by atoms with Gasteiger partial charge in [-0.25, -0.2) is 4.98 Å². The van der Waals surface area contributed by atoms with E-state index in [2.05, 4.69) is 14.9 Å². The van der Waals surface area contributed by atoms with Crippen LogP contribution >= 0.6 is 22.9 Å². The second-order valence-electron chi connectivity index (χ2n) is 5.62. The van der Waals surface area contributed by atoms with Crippen LogP contribution in [0.1, 0.15) is 10.4 Å². The molecule has 0 aliphatic carbocycles. The number of piperazine rings is 1. The number of anilines is 1. The van der Waals surface area contributed by atoms with Gasteiger partial charge in [-0.2, -0.15) is 0 Å². The highest BCUT2D eigenvalue weighted by Gasteiger charge is 2.23. The van der Waals surface area contributed by atoms with Crippen molar-refractivity contribution in [2.75, 3.05) is 31.1 Å². The Kier molecular flexibility index (Phi) is 4.08. The second-order valence-corrected chi connectivity index (χ2v) is 7.07. The molecular weight excluding hydrogens is 344 g/mol. The van der Waals surface area contributed by atoms with Crippen molar-refractivity contribution in [2.24, 2.45) is 0 Å². The number of thiazole rings is 1. The maximum atomic E-state index is 12.5. The summed E-state index contributed by atoms with van der Waals surface area (Å²) in [6.07, 6.45) is 3.30. The first-order valence-corrected chi connectivity index (χ1v) is 8.90. The van der Waals surface area contributed by atoms with E-state index in [1.807, 2.05) is 23.1 Å². The van der Waals surface area contributed by atoms with Gasteiger partial charge in [0.1, 0.15) is 0 Å². The quantitative estimate of drug-likeness (QED) is 0.705. The smallest absolute Gasteiger partial charge is 0.254 e. The number of benzene rings is 1. The van der Waals surface area contributed by atoms with Gasteiger partial charge >= 0.3 is 0 Å². The van der Waals surface area contributed by atoms with Gasteiger partial charge in [-0.05, 0) is 30.3 Å². The first-order valence-electron chi connectivity index (χ1n) is 7.71. The van der Waals surface area contributed by atoms with Crippen molar-refractivity contribution in [1.29, 1.82) is 0 Å². The maximum absolute atomic E-state index is 12.5. The molecule has 3 aromatic rings. The molecule has 0 radical (unpaired) electrons. The minimum atomic E-state index is 0.0631. The standard InChI is InChI=1S/C17H15ClN4OS/c18-13-1-2-14-15(11-13)24-17(20-14)22-9-7-21(8-10-22)16(23)12-3-5-19-6-4-12/h1-6,11H,7-10H2. The summed E-state index contributed by atoms with van der Waals surface area (Å²) in [5, 5.41) is 1.72. The fraction of sp³-hybridized carbons (Fsp3) is 0.235. The van der Waals surface area contributed by atoms with Crippen LogP contribution in [-0.2, 0) is 0 Å². The molecule has 1 aliphatic heterocycles. The molecule has 0 bridgehead atoms. The van der Waals surface area contributed by atoms with Crippen LogP contribution < -0.4 is 4.90 Å². The third-order valence-electron chi connectivity index (χ3n) is 4.10. The van der Waals surface area contributed by atoms with Gasteiger partial charge in [-0.3, -0.25) is 9.78 Å². The summed E-state index contributed by atoms with van der Waals surface area (Å²) >= 11 is 7.69. The Morgan fingerprint density at radius 3 is 2.58 bits per heavy atom. The first-order chi connectivity index (χ1) is 11.7. The number of rotatable bonds is 2. The molecule has 0 atom stereocenters. The molecule has 5 nitrogen and oxygen atoms in total. The molecule has 2 aromatic heterocycles. The summed E-state index contributed by atoms with van der Waals surface area (Å²) in [5.74, 6) is 0.0631. The minimum absolute atomic E-state index is 0.0631. The summed E-state index contributed by atoms with van der Waals surface area (Å²) in [6.45, 7) is 2.95. The lowest BCUT2D eigenvalue weighted by molar-refractivity contribution is 0.0746. The normalized spacial score (nSPS) is 15.0. The van der Waals surface area contributed by atoms with Crippen molar-refractivity contribution in [3.63, 3.8) is 0 Å². The van der Waals surface area contributed by atoms with E-state index in [1.54, 1.807) is 35.9 Å². The Morgan fingerprint density at radius 2 is 1.83 bits per heavy atom. The Labute approximate surface area is 148 Å². The molecule has 1 aliphatic rings. The van der Waals surface area contributed by atoms with E-state index in [1.165, 1.54) is 0 Å². The van der Waals surface area contributed by atoms with Crippen molar-refractivity contribution < 1.29 is 4.79 Å². The van der Waals surface area contributed by atoms with Gasteiger partial charge in [0.2, 0.25) is 0 Å². The summed E-state index contributed by atoms with van der Waals surface area (Å²) < 4.78 is 1.09. The van der Waals surface area contributed by atoms with Gasteiger partial charge in [-0.15, -0.1) is 0 Å². The summed E-state index contributed by atoms with van der Waals surface area (Å²) in [6, 6.07) is 9.26. The number of halogens is 1. The van der Waals surface area contributed by atoms with Crippen LogP contribution in [0.25, 0.3) is 10.2 Å². The molecular formula is C17H15ClN4OS. The van der Waals surface area contributed by atoms with Crippen molar-refractivity contribution in [1.82, 2.24) is 14.9 Å². The van der Waals surface area contributed by atoms with E-state index < -0.39 is 0 Å². The molecule has 0 spiro atoms. The number of carbonyl (C=O) groups excluding carboxylic acids is 1. The van der Waals surface area contributed by atoms with Crippen LogP contribution in [-0.4, -0.2) is 47.0 Å². The zero-order valence-corrected chi connectivity index (χ0v) is 14.4. The number of pyridine rings is 1. The van der Waals surface area contributed by atoms with Gasteiger partial charge in [0, 0.05) is 49.2 Å². The summed E-state index contributed by atoms with van der Waals surface area (Å²) in [4.78, 5) is 25.2. The summed E-state index contributed by atoms with van der Waals surface area (Å²) in [7, 11) is 0. The molecule has 122 valence electrons. The van der Waals surface area contributed by atoms with E-state index >= 15 is 0 Å². The van der Waals surface area contributed by atoms with E-state index in [0.717, 1.165) is 33.5 Å². The summed E-state index contributed by atoms with van der Waals surface area (Å²) in [5.41, 5.74) is 1.66. The Hall–Kier alpha value is -2.18. The largest absolute Gasteiger partial charge is 0.345 e. The lowest BCUT2D eigenvalue weighted by Gasteiger charge is -2.34. The van der Waals surface area contributed by atoms with Crippen molar-refractivity contribution >= 4 is 44.2 Å². The Morgan fingerprint density at radius 1 is 1.08 bits per heavy atom. The Bertz CT molecular complexity index is 875. The van der Waals surface area contributed by atoms with Crippen molar-refractivity contribution in [3.05, 3.63) is 53.3 Å². The number of amides is 1. The highest BCUT2D eigenvalue weighted by molar-refractivity contribution is 7.22. The number of nitrogens with zero attached hydrogens (tertiary/aromatic N) is 4. The van der Waals surface area contributed by atoms with Gasteiger partial charge in [0.25, 0.3) is 5.91 Å². The third-order valence-corrected chi connectivity index (χ3v) is 5.42. The zero-order chi connectivity index (χ0) is 16.5. The van der Waals surface area contributed by atoms with Crippen molar-refractivity contribution in [2.45, 2.75) is 0 Å². The van der Waals surface area contributed by atoms with Crippen LogP contribution in [0.3, 0.4) is 0 Å². The van der Waals surface area contributed by atoms with E-state index in [0.29, 0.717) is 18.7 Å². The number of fused-ring (bicyclic) bond motifs is 1. The molecule has 24 heavy (non-hydrogen) atoms. The van der Waals surface area contributed by atoms with Crippen LogP contribution in [0.2, 0.25) is 5.02 Å². The molecule has 0 N–H and O–H groups in total. The zero-order valence-electron chi connectivity index (χ0n) is 12.9. The molecule has 4 rings (SSSR count). The molecule has 0 unspecified atom stereocenters. The lowest BCUT2D eigenvalue weighted by Crippen LogP contribution is -2.48. The number of hydrogen-bond donors (Lipinski definition) is 0. The molecule has 1 aromatic carbocycles. The molecule has 0 saturated carbocycles. The molecule has 1 fully saturated rings. The lowest BCUT2D eigenvalue weighted by atomic mass is 10.2. The average molecular weight is 359 g/mol. The van der Waals surface area contributed by atoms with Crippen molar-refractivity contribution in [3.8, 4) is 0 Å². The minimum Gasteiger partial charge on any atom is -0.345 e. The van der Waals surface area contributed by atoms with E-state index in [9.17, 15) is 4.79 Å². The van der Waals surface area contributed by atoms with Crippen LogP contribution in [0.15, 0.2) is 42.7 Å². The fourth-order valence-corrected chi connectivity index (χ4v) is 4.09. The molecule has 7 heteroatoms. The van der Waals surface area contributed by atoms with Gasteiger partial charge in [0.15, 0.2) is 5.13 Å². The molecule has 1 amide bonds. The van der Waals surface area contributed by atoms with Crippen LogP contribution in [0, 0.1) is 0 Å². The van der Waals surface area contributed by atoms with Gasteiger partial charge in [0.05, 0.1) is 10.2 Å².